The average molecular weight is 356 g/mol. The minimum Gasteiger partial charge on any atom is -0.354 e. The zero-order valence-electron chi connectivity index (χ0n) is 12.8. The first-order valence-electron chi connectivity index (χ1n) is 6.91. The van der Waals surface area contributed by atoms with Crippen molar-refractivity contribution in [1.29, 1.82) is 0 Å². The first-order valence-corrected chi connectivity index (χ1v) is 7.70. The largest absolute Gasteiger partial charge is 0.354 e. The molecule has 21 heavy (non-hydrogen) atoms. The zero-order valence-corrected chi connectivity index (χ0v) is 14.4. The fraction of sp³-hybridized carbons (Fsp3) is 0.467. The molecule has 3 amide bonds. The van der Waals surface area contributed by atoms with Gasteiger partial charge in [0.05, 0.1) is 5.69 Å². The lowest BCUT2D eigenvalue weighted by Crippen LogP contribution is -2.40. The zero-order chi connectivity index (χ0) is 16.0. The van der Waals surface area contributed by atoms with Crippen LogP contribution in [0.15, 0.2) is 22.7 Å². The van der Waals surface area contributed by atoms with Crippen molar-refractivity contribution < 1.29 is 9.59 Å². The quantitative estimate of drug-likeness (QED) is 0.758. The van der Waals surface area contributed by atoms with Crippen molar-refractivity contribution in [3.8, 4) is 0 Å². The van der Waals surface area contributed by atoms with Gasteiger partial charge in [-0.2, -0.15) is 0 Å². The van der Waals surface area contributed by atoms with Gasteiger partial charge in [0.25, 0.3) is 0 Å². The van der Waals surface area contributed by atoms with Gasteiger partial charge in [0, 0.05) is 23.0 Å². The minimum atomic E-state index is -0.328. The van der Waals surface area contributed by atoms with Crippen molar-refractivity contribution in [3.63, 3.8) is 0 Å². The van der Waals surface area contributed by atoms with Crippen LogP contribution in [-0.2, 0) is 4.79 Å². The van der Waals surface area contributed by atoms with Crippen molar-refractivity contribution in [2.24, 2.45) is 0 Å². The average Bonchev–Trinajstić information content (AvgIpc) is 2.32. The number of carbonyl (C=O) groups is 2. The lowest BCUT2D eigenvalue weighted by atomic mass is 10.2. The Morgan fingerprint density at radius 1 is 1.19 bits per heavy atom. The molecule has 3 N–H and O–H groups in total. The van der Waals surface area contributed by atoms with Crippen LogP contribution < -0.4 is 16.0 Å². The number of hydrogen-bond acceptors (Lipinski definition) is 2. The van der Waals surface area contributed by atoms with Gasteiger partial charge >= 0.3 is 6.03 Å². The summed E-state index contributed by atoms with van der Waals surface area (Å²) in [7, 11) is 0. The molecule has 6 heteroatoms. The van der Waals surface area contributed by atoms with E-state index in [0.29, 0.717) is 5.69 Å². The maximum Gasteiger partial charge on any atom is 0.319 e. The van der Waals surface area contributed by atoms with Gasteiger partial charge in [0.1, 0.15) is 0 Å². The van der Waals surface area contributed by atoms with Crippen molar-refractivity contribution in [3.05, 3.63) is 28.2 Å². The molecule has 1 atom stereocenters. The molecule has 1 unspecified atom stereocenters. The number of amides is 3. The van der Waals surface area contributed by atoms with Gasteiger partial charge in [0.2, 0.25) is 5.91 Å². The van der Waals surface area contributed by atoms with Crippen molar-refractivity contribution in [2.45, 2.75) is 46.2 Å². The van der Waals surface area contributed by atoms with Gasteiger partial charge < -0.3 is 16.0 Å². The molecule has 1 aromatic rings. The summed E-state index contributed by atoms with van der Waals surface area (Å²) in [5, 5.41) is 8.31. The van der Waals surface area contributed by atoms with Gasteiger partial charge in [-0.05, 0) is 61.3 Å². The number of nitrogens with one attached hydrogen (secondary N) is 3. The third-order valence-corrected chi connectivity index (χ3v) is 3.38. The summed E-state index contributed by atoms with van der Waals surface area (Å²) in [6.07, 6.45) is 0.251. The molecule has 0 radical (unpaired) electrons. The van der Waals surface area contributed by atoms with E-state index in [-0.39, 0.29) is 30.4 Å². The summed E-state index contributed by atoms with van der Waals surface area (Å²) in [4.78, 5) is 23.5. The molecule has 116 valence electrons. The van der Waals surface area contributed by atoms with Crippen molar-refractivity contribution >= 4 is 33.6 Å². The van der Waals surface area contributed by atoms with Gasteiger partial charge in [-0.15, -0.1) is 0 Å². The molecule has 0 fully saturated rings. The third-order valence-electron chi connectivity index (χ3n) is 2.69. The van der Waals surface area contributed by atoms with E-state index in [2.05, 4.69) is 31.9 Å². The van der Waals surface area contributed by atoms with Gasteiger partial charge in [0.15, 0.2) is 0 Å². The number of anilines is 1. The van der Waals surface area contributed by atoms with Crippen molar-refractivity contribution in [1.82, 2.24) is 10.6 Å². The lowest BCUT2D eigenvalue weighted by Gasteiger charge is -2.16. The number of halogens is 1. The number of carbonyl (C=O) groups excluding carboxylic acids is 2. The Kier molecular flexibility index (Phi) is 6.68. The molecule has 0 saturated heterocycles. The Morgan fingerprint density at radius 3 is 2.48 bits per heavy atom. The predicted octanol–water partition coefficient (Wildman–Crippen LogP) is 3.18. The molecule has 0 aliphatic heterocycles. The van der Waals surface area contributed by atoms with Crippen LogP contribution in [0.3, 0.4) is 0 Å². The second kappa shape index (κ2) is 8.02. The Balaban J connectivity index is 2.49. The van der Waals surface area contributed by atoms with E-state index in [4.69, 9.17) is 0 Å². The number of hydrogen-bond donors (Lipinski definition) is 3. The SMILES string of the molecule is Cc1ccc(Br)c(NC(=O)NC(C)CC(=O)NC(C)C)c1. The van der Waals surface area contributed by atoms with Crippen LogP contribution in [0.2, 0.25) is 0 Å². The molecular weight excluding hydrogens is 334 g/mol. The molecule has 0 aliphatic rings. The van der Waals surface area contributed by atoms with Crippen LogP contribution in [0.4, 0.5) is 10.5 Å². The number of urea groups is 1. The van der Waals surface area contributed by atoms with Crippen LogP contribution in [-0.4, -0.2) is 24.0 Å². The van der Waals surface area contributed by atoms with E-state index in [9.17, 15) is 9.59 Å². The smallest absolute Gasteiger partial charge is 0.319 e. The highest BCUT2D eigenvalue weighted by Crippen LogP contribution is 2.23. The second-order valence-electron chi connectivity index (χ2n) is 5.41. The normalized spacial score (nSPS) is 11.9. The van der Waals surface area contributed by atoms with E-state index < -0.39 is 0 Å². The first kappa shape index (κ1) is 17.5. The third kappa shape index (κ3) is 6.62. The topological polar surface area (TPSA) is 70.2 Å². The van der Waals surface area contributed by atoms with Gasteiger partial charge in [-0.25, -0.2) is 4.79 Å². The Labute approximate surface area is 134 Å². The first-order chi connectivity index (χ1) is 9.77. The molecule has 1 rings (SSSR count). The molecule has 0 saturated carbocycles. The monoisotopic (exact) mass is 355 g/mol. The fourth-order valence-corrected chi connectivity index (χ4v) is 2.17. The highest BCUT2D eigenvalue weighted by atomic mass is 79.9. The Morgan fingerprint density at radius 2 is 1.86 bits per heavy atom. The van der Waals surface area contributed by atoms with Crippen LogP contribution in [0.25, 0.3) is 0 Å². The lowest BCUT2D eigenvalue weighted by molar-refractivity contribution is -0.121. The Bertz CT molecular complexity index is 518. The standard InChI is InChI=1S/C15H22BrN3O2/c1-9(2)17-14(20)8-11(4)18-15(21)19-13-7-10(3)5-6-12(13)16/h5-7,9,11H,8H2,1-4H3,(H,17,20)(H2,18,19,21). The highest BCUT2D eigenvalue weighted by molar-refractivity contribution is 9.10. The second-order valence-corrected chi connectivity index (χ2v) is 6.26. The summed E-state index contributed by atoms with van der Waals surface area (Å²) in [5.41, 5.74) is 1.75. The summed E-state index contributed by atoms with van der Waals surface area (Å²) in [6.45, 7) is 7.55. The summed E-state index contributed by atoms with van der Waals surface area (Å²) >= 11 is 3.39. The van der Waals surface area contributed by atoms with Crippen molar-refractivity contribution in [2.75, 3.05) is 5.32 Å². The molecular formula is C15H22BrN3O2. The van der Waals surface area contributed by atoms with E-state index in [1.807, 2.05) is 39.0 Å². The van der Waals surface area contributed by atoms with E-state index in [0.717, 1.165) is 10.0 Å². The molecule has 1 aromatic carbocycles. The van der Waals surface area contributed by atoms with Crippen LogP contribution >= 0.6 is 15.9 Å². The Hall–Kier alpha value is -1.56. The molecule has 0 aliphatic carbocycles. The maximum absolute atomic E-state index is 11.9. The van der Waals surface area contributed by atoms with Gasteiger partial charge in [-0.1, -0.05) is 6.07 Å². The predicted molar refractivity (Wildman–Crippen MR) is 88.4 cm³/mol. The molecule has 0 spiro atoms. The maximum atomic E-state index is 11.9. The summed E-state index contributed by atoms with van der Waals surface area (Å²) < 4.78 is 0.813. The van der Waals surface area contributed by atoms with Crippen LogP contribution in [0, 0.1) is 6.92 Å². The number of benzene rings is 1. The molecule has 0 bridgehead atoms. The number of aryl methyl sites for hydroxylation is 1. The molecule has 0 aromatic heterocycles. The summed E-state index contributed by atoms with van der Waals surface area (Å²) in [5.74, 6) is -0.0745. The van der Waals surface area contributed by atoms with Crippen LogP contribution in [0.5, 0.6) is 0 Å². The molecule has 5 nitrogen and oxygen atoms in total. The number of rotatable bonds is 5. The van der Waals surface area contributed by atoms with E-state index in [1.54, 1.807) is 6.92 Å². The van der Waals surface area contributed by atoms with E-state index >= 15 is 0 Å². The minimum absolute atomic E-state index is 0.0745. The van der Waals surface area contributed by atoms with Gasteiger partial charge in [-0.3, -0.25) is 4.79 Å². The molecule has 0 heterocycles. The summed E-state index contributed by atoms with van der Waals surface area (Å²) in [6, 6.07) is 5.23. The fourth-order valence-electron chi connectivity index (χ4n) is 1.83. The van der Waals surface area contributed by atoms with Crippen LogP contribution in [0.1, 0.15) is 32.8 Å². The highest BCUT2D eigenvalue weighted by Gasteiger charge is 2.13. The van der Waals surface area contributed by atoms with E-state index in [1.165, 1.54) is 0 Å².